The molecule has 0 atom stereocenters. The SMILES string of the molecule is CC.CC.NC(=O)c1cccc(Cl)c1N. The van der Waals surface area contributed by atoms with E-state index in [9.17, 15) is 4.79 Å². The first-order valence-corrected chi connectivity index (χ1v) is 5.34. The predicted octanol–water partition coefficient (Wildman–Crippen LogP) is 3.07. The van der Waals surface area contributed by atoms with Gasteiger partial charge in [-0.2, -0.15) is 0 Å². The van der Waals surface area contributed by atoms with Crippen LogP contribution in [0.4, 0.5) is 5.69 Å². The zero-order valence-corrected chi connectivity index (χ0v) is 10.4. The van der Waals surface area contributed by atoms with E-state index in [1.54, 1.807) is 12.1 Å². The Balaban J connectivity index is 0. The molecular weight excluding hydrogens is 212 g/mol. The Morgan fingerprint density at radius 1 is 1.20 bits per heavy atom. The number of rotatable bonds is 1. The van der Waals surface area contributed by atoms with E-state index in [1.807, 2.05) is 27.7 Å². The Bertz CT molecular complexity index is 301. The van der Waals surface area contributed by atoms with Gasteiger partial charge in [0.05, 0.1) is 16.3 Å². The Morgan fingerprint density at radius 3 is 2.00 bits per heavy atom. The number of hydrogen-bond acceptors (Lipinski definition) is 2. The average molecular weight is 231 g/mol. The highest BCUT2D eigenvalue weighted by atomic mass is 35.5. The second kappa shape index (κ2) is 9.34. The molecule has 1 amide bonds. The summed E-state index contributed by atoms with van der Waals surface area (Å²) < 4.78 is 0. The quantitative estimate of drug-likeness (QED) is 0.728. The van der Waals surface area contributed by atoms with E-state index >= 15 is 0 Å². The van der Waals surface area contributed by atoms with Crippen LogP contribution in [0.3, 0.4) is 0 Å². The number of primary amides is 1. The molecule has 0 radical (unpaired) electrons. The summed E-state index contributed by atoms with van der Waals surface area (Å²) in [6.07, 6.45) is 0. The molecule has 1 aromatic carbocycles. The lowest BCUT2D eigenvalue weighted by molar-refractivity contribution is 0.100. The summed E-state index contributed by atoms with van der Waals surface area (Å²) in [6.45, 7) is 8.00. The summed E-state index contributed by atoms with van der Waals surface area (Å²) in [6, 6.07) is 4.76. The van der Waals surface area contributed by atoms with Crippen molar-refractivity contribution < 1.29 is 4.79 Å². The number of hydrogen-bond donors (Lipinski definition) is 2. The molecule has 1 aromatic rings. The molecule has 86 valence electrons. The minimum absolute atomic E-state index is 0.238. The Labute approximate surface area is 96.4 Å². The minimum Gasteiger partial charge on any atom is -0.397 e. The van der Waals surface area contributed by atoms with E-state index in [1.165, 1.54) is 6.07 Å². The van der Waals surface area contributed by atoms with Gasteiger partial charge in [0, 0.05) is 0 Å². The maximum Gasteiger partial charge on any atom is 0.250 e. The standard InChI is InChI=1S/C7H7ClN2O.2C2H6/c8-5-3-1-2-4(6(5)9)7(10)11;2*1-2/h1-3H,9H2,(H2,10,11);2*1-2H3. The number of benzene rings is 1. The van der Waals surface area contributed by atoms with Crippen LogP contribution in [0.15, 0.2) is 18.2 Å². The van der Waals surface area contributed by atoms with Crippen molar-refractivity contribution in [3.63, 3.8) is 0 Å². The van der Waals surface area contributed by atoms with E-state index in [2.05, 4.69) is 0 Å². The van der Waals surface area contributed by atoms with Crippen molar-refractivity contribution in [1.82, 2.24) is 0 Å². The number of amides is 1. The van der Waals surface area contributed by atoms with Crippen LogP contribution in [-0.2, 0) is 0 Å². The largest absolute Gasteiger partial charge is 0.397 e. The highest BCUT2D eigenvalue weighted by Crippen LogP contribution is 2.21. The molecule has 4 N–H and O–H groups in total. The molecule has 0 bridgehead atoms. The van der Waals surface area contributed by atoms with Crippen LogP contribution >= 0.6 is 11.6 Å². The third-order valence-corrected chi connectivity index (χ3v) is 1.65. The van der Waals surface area contributed by atoms with Gasteiger partial charge in [-0.1, -0.05) is 45.4 Å². The molecule has 0 aliphatic heterocycles. The topological polar surface area (TPSA) is 69.1 Å². The monoisotopic (exact) mass is 230 g/mol. The molecular formula is C11H19ClN2O. The van der Waals surface area contributed by atoms with E-state index < -0.39 is 5.91 Å². The van der Waals surface area contributed by atoms with E-state index in [-0.39, 0.29) is 11.3 Å². The molecule has 4 heteroatoms. The predicted molar refractivity (Wildman–Crippen MR) is 67.1 cm³/mol. The summed E-state index contributed by atoms with van der Waals surface area (Å²) in [7, 11) is 0. The molecule has 0 fully saturated rings. The minimum atomic E-state index is -0.565. The van der Waals surface area contributed by atoms with E-state index in [4.69, 9.17) is 23.1 Å². The first-order valence-electron chi connectivity index (χ1n) is 4.96. The summed E-state index contributed by atoms with van der Waals surface area (Å²) in [5, 5.41) is 0.348. The molecule has 3 nitrogen and oxygen atoms in total. The zero-order valence-electron chi connectivity index (χ0n) is 9.67. The number of carbonyl (C=O) groups is 1. The maximum absolute atomic E-state index is 10.7. The Kier molecular flexibility index (Phi) is 10.1. The van der Waals surface area contributed by atoms with Crippen LogP contribution in [0, 0.1) is 0 Å². The summed E-state index contributed by atoms with van der Waals surface area (Å²) >= 11 is 5.63. The first-order chi connectivity index (χ1) is 7.13. The fraction of sp³-hybridized carbons (Fsp3) is 0.364. The lowest BCUT2D eigenvalue weighted by atomic mass is 10.2. The van der Waals surface area contributed by atoms with Crippen LogP contribution < -0.4 is 11.5 Å². The molecule has 0 aromatic heterocycles. The number of carbonyl (C=O) groups excluding carboxylic acids is 1. The van der Waals surface area contributed by atoms with Crippen LogP contribution in [0.25, 0.3) is 0 Å². The Morgan fingerprint density at radius 2 is 1.67 bits per heavy atom. The van der Waals surface area contributed by atoms with Crippen molar-refractivity contribution in [2.75, 3.05) is 5.73 Å². The second-order valence-electron chi connectivity index (χ2n) is 2.07. The first kappa shape index (κ1) is 16.2. The third-order valence-electron chi connectivity index (χ3n) is 1.32. The fourth-order valence-electron chi connectivity index (χ4n) is 0.752. The zero-order chi connectivity index (χ0) is 12.4. The van der Waals surface area contributed by atoms with Crippen LogP contribution in [0.1, 0.15) is 38.1 Å². The third kappa shape index (κ3) is 5.27. The fourth-order valence-corrected chi connectivity index (χ4v) is 0.926. The Hall–Kier alpha value is -1.22. The van der Waals surface area contributed by atoms with Crippen LogP contribution in [-0.4, -0.2) is 5.91 Å². The number of nitrogen functional groups attached to an aromatic ring is 1. The molecule has 0 aliphatic carbocycles. The molecule has 0 unspecified atom stereocenters. The van der Waals surface area contributed by atoms with Crippen molar-refractivity contribution in [3.05, 3.63) is 28.8 Å². The van der Waals surface area contributed by atoms with Gasteiger partial charge in [0.25, 0.3) is 5.91 Å². The van der Waals surface area contributed by atoms with Crippen molar-refractivity contribution in [2.24, 2.45) is 5.73 Å². The van der Waals surface area contributed by atoms with Gasteiger partial charge in [-0.3, -0.25) is 4.79 Å². The smallest absolute Gasteiger partial charge is 0.250 e. The average Bonchev–Trinajstić information content (AvgIpc) is 2.27. The highest BCUT2D eigenvalue weighted by Gasteiger charge is 2.06. The van der Waals surface area contributed by atoms with Crippen molar-refractivity contribution >= 4 is 23.2 Å². The van der Waals surface area contributed by atoms with Gasteiger partial charge in [-0.05, 0) is 12.1 Å². The second-order valence-corrected chi connectivity index (χ2v) is 2.47. The van der Waals surface area contributed by atoms with Crippen molar-refractivity contribution in [1.29, 1.82) is 0 Å². The van der Waals surface area contributed by atoms with Crippen LogP contribution in [0.5, 0.6) is 0 Å². The van der Waals surface area contributed by atoms with Gasteiger partial charge in [-0.15, -0.1) is 0 Å². The number of nitrogens with two attached hydrogens (primary N) is 2. The van der Waals surface area contributed by atoms with Gasteiger partial charge in [-0.25, -0.2) is 0 Å². The number of anilines is 1. The number of halogens is 1. The van der Waals surface area contributed by atoms with Gasteiger partial charge in [0.2, 0.25) is 0 Å². The summed E-state index contributed by atoms with van der Waals surface area (Å²) in [5.74, 6) is -0.565. The van der Waals surface area contributed by atoms with E-state index in [0.717, 1.165) is 0 Å². The van der Waals surface area contributed by atoms with Crippen LogP contribution in [0.2, 0.25) is 5.02 Å². The molecule has 1 rings (SSSR count). The summed E-state index contributed by atoms with van der Waals surface area (Å²) in [5.41, 5.74) is 11.0. The lowest BCUT2D eigenvalue weighted by Crippen LogP contribution is -2.13. The van der Waals surface area contributed by atoms with Gasteiger partial charge < -0.3 is 11.5 Å². The van der Waals surface area contributed by atoms with Crippen molar-refractivity contribution in [2.45, 2.75) is 27.7 Å². The molecule has 0 aliphatic rings. The summed E-state index contributed by atoms with van der Waals surface area (Å²) in [4.78, 5) is 10.7. The van der Waals surface area contributed by atoms with Gasteiger partial charge >= 0.3 is 0 Å². The molecule has 0 saturated heterocycles. The number of para-hydroxylation sites is 1. The van der Waals surface area contributed by atoms with E-state index in [0.29, 0.717) is 5.02 Å². The molecule has 0 spiro atoms. The lowest BCUT2D eigenvalue weighted by Gasteiger charge is -2.01. The molecule has 15 heavy (non-hydrogen) atoms. The van der Waals surface area contributed by atoms with Gasteiger partial charge in [0.15, 0.2) is 0 Å². The maximum atomic E-state index is 10.7. The molecule has 0 saturated carbocycles. The van der Waals surface area contributed by atoms with Gasteiger partial charge in [0.1, 0.15) is 0 Å². The molecule has 0 heterocycles. The normalized spacial score (nSPS) is 7.80. The highest BCUT2D eigenvalue weighted by molar-refractivity contribution is 6.33. The van der Waals surface area contributed by atoms with Crippen molar-refractivity contribution in [3.8, 4) is 0 Å².